The molecule has 0 spiro atoms. The zero-order valence-electron chi connectivity index (χ0n) is 17.5. The molecule has 1 aliphatic heterocycles. The maximum Gasteiger partial charge on any atom is 0.191 e. The smallest absolute Gasteiger partial charge is 0.191 e. The first-order valence-electron chi connectivity index (χ1n) is 10.2. The van der Waals surface area contributed by atoms with Crippen LogP contribution in [0, 0.1) is 5.92 Å². The van der Waals surface area contributed by atoms with Crippen molar-refractivity contribution in [2.24, 2.45) is 10.9 Å². The topological polar surface area (TPSA) is 58.1 Å². The van der Waals surface area contributed by atoms with E-state index in [4.69, 9.17) is 14.5 Å². The minimum absolute atomic E-state index is 0.115. The van der Waals surface area contributed by atoms with Crippen molar-refractivity contribution in [2.45, 2.75) is 40.2 Å². The van der Waals surface area contributed by atoms with E-state index in [0.717, 1.165) is 42.7 Å². The van der Waals surface area contributed by atoms with Crippen LogP contribution in [0.25, 0.3) is 0 Å². The molecule has 0 amide bonds. The molecule has 1 aromatic carbocycles. The van der Waals surface area contributed by atoms with E-state index in [1.165, 1.54) is 13.0 Å². The van der Waals surface area contributed by atoms with Gasteiger partial charge in [-0.1, -0.05) is 6.07 Å². The first-order valence-corrected chi connectivity index (χ1v) is 10.2. The molecule has 0 bridgehead atoms. The third-order valence-corrected chi connectivity index (χ3v) is 4.76. The maximum atomic E-state index is 5.75. The summed E-state index contributed by atoms with van der Waals surface area (Å²) in [4.78, 5) is 7.19. The van der Waals surface area contributed by atoms with E-state index in [9.17, 15) is 0 Å². The number of rotatable bonds is 9. The molecule has 2 atom stereocenters. The van der Waals surface area contributed by atoms with Crippen molar-refractivity contribution >= 4 is 5.96 Å². The normalized spacial score (nSPS) is 19.0. The van der Waals surface area contributed by atoms with Gasteiger partial charge < -0.3 is 25.0 Å². The molecule has 1 saturated heterocycles. The molecular weight excluding hydrogens is 340 g/mol. The second kappa shape index (κ2) is 11.0. The van der Waals surface area contributed by atoms with Gasteiger partial charge in [0.1, 0.15) is 0 Å². The Bertz CT molecular complexity index is 606. The average Bonchev–Trinajstić information content (AvgIpc) is 3.07. The highest BCUT2D eigenvalue weighted by molar-refractivity contribution is 5.80. The summed E-state index contributed by atoms with van der Waals surface area (Å²) in [7, 11) is 2.18. The minimum atomic E-state index is 0.115. The number of hydrogen-bond donors (Lipinski definition) is 2. The number of likely N-dealkylation sites (tertiary alicyclic amines) is 1. The van der Waals surface area contributed by atoms with Crippen LogP contribution in [0.3, 0.4) is 0 Å². The number of aliphatic imine (C=N–C) groups is 1. The molecular formula is C21H36N4O2. The van der Waals surface area contributed by atoms with Crippen molar-refractivity contribution in [2.75, 3.05) is 46.4 Å². The fourth-order valence-electron chi connectivity index (χ4n) is 3.34. The molecule has 1 aromatic rings. The molecule has 0 saturated carbocycles. The van der Waals surface area contributed by atoms with Crippen molar-refractivity contribution in [1.29, 1.82) is 0 Å². The van der Waals surface area contributed by atoms with E-state index in [0.29, 0.717) is 19.1 Å². The Labute approximate surface area is 164 Å². The molecule has 0 radical (unpaired) electrons. The lowest BCUT2D eigenvalue weighted by molar-refractivity contribution is 0.287. The van der Waals surface area contributed by atoms with Crippen LogP contribution in [-0.4, -0.2) is 57.3 Å². The van der Waals surface area contributed by atoms with Crippen molar-refractivity contribution < 1.29 is 9.47 Å². The van der Waals surface area contributed by atoms with Gasteiger partial charge in [0, 0.05) is 19.6 Å². The molecule has 1 fully saturated rings. The highest BCUT2D eigenvalue weighted by Gasteiger charge is 2.19. The van der Waals surface area contributed by atoms with Gasteiger partial charge in [-0.25, -0.2) is 0 Å². The quantitative estimate of drug-likeness (QED) is 0.512. The predicted octanol–water partition coefficient (Wildman–Crippen LogP) is 3.05. The fraction of sp³-hybridized carbons (Fsp3) is 0.667. The Morgan fingerprint density at radius 2 is 1.96 bits per heavy atom. The second-order valence-corrected chi connectivity index (χ2v) is 7.07. The minimum Gasteiger partial charge on any atom is -0.490 e. The zero-order chi connectivity index (χ0) is 19.6. The first-order chi connectivity index (χ1) is 13.1. The van der Waals surface area contributed by atoms with Gasteiger partial charge in [-0.05, 0) is 71.3 Å². The molecule has 27 heavy (non-hydrogen) atoms. The highest BCUT2D eigenvalue weighted by Crippen LogP contribution is 2.30. The number of nitrogens with zero attached hydrogens (tertiary/aromatic N) is 2. The Morgan fingerprint density at radius 1 is 1.22 bits per heavy atom. The molecule has 0 aliphatic carbocycles. The summed E-state index contributed by atoms with van der Waals surface area (Å²) in [5, 5.41) is 6.88. The summed E-state index contributed by atoms with van der Waals surface area (Å²) < 4.78 is 11.4. The summed E-state index contributed by atoms with van der Waals surface area (Å²) in [6.07, 6.45) is 1.23. The van der Waals surface area contributed by atoms with E-state index < -0.39 is 0 Å². The third kappa shape index (κ3) is 6.61. The van der Waals surface area contributed by atoms with Gasteiger partial charge in [0.2, 0.25) is 0 Å². The maximum absolute atomic E-state index is 5.75. The number of hydrogen-bond acceptors (Lipinski definition) is 4. The van der Waals surface area contributed by atoms with Gasteiger partial charge in [0.15, 0.2) is 17.5 Å². The van der Waals surface area contributed by atoms with Crippen molar-refractivity contribution in [1.82, 2.24) is 15.5 Å². The number of ether oxygens (including phenoxy) is 2. The van der Waals surface area contributed by atoms with Gasteiger partial charge in [-0.15, -0.1) is 0 Å². The lowest BCUT2D eigenvalue weighted by Gasteiger charge is -2.20. The van der Waals surface area contributed by atoms with Gasteiger partial charge in [-0.2, -0.15) is 0 Å². The molecule has 2 unspecified atom stereocenters. The van der Waals surface area contributed by atoms with Gasteiger partial charge in [-0.3, -0.25) is 4.99 Å². The van der Waals surface area contributed by atoms with Crippen LogP contribution in [0.2, 0.25) is 0 Å². The average molecular weight is 377 g/mol. The SMILES string of the molecule is CCNC(=NCC1CCN(C)C1)NC(C)c1ccc(OCC)c(OCC)c1. The number of benzene rings is 1. The summed E-state index contributed by atoms with van der Waals surface area (Å²) in [5.74, 6) is 3.10. The van der Waals surface area contributed by atoms with Crippen LogP contribution in [-0.2, 0) is 0 Å². The summed E-state index contributed by atoms with van der Waals surface area (Å²) in [5.41, 5.74) is 1.15. The Morgan fingerprint density at radius 3 is 2.59 bits per heavy atom. The Hall–Kier alpha value is -1.95. The largest absolute Gasteiger partial charge is 0.490 e. The monoisotopic (exact) mass is 376 g/mol. The van der Waals surface area contributed by atoms with Gasteiger partial charge in [0.25, 0.3) is 0 Å². The summed E-state index contributed by atoms with van der Waals surface area (Å²) in [6.45, 7) is 13.5. The fourth-order valence-corrected chi connectivity index (χ4v) is 3.34. The first kappa shape index (κ1) is 21.4. The summed E-state index contributed by atoms with van der Waals surface area (Å²) in [6, 6.07) is 6.24. The van der Waals surface area contributed by atoms with Crippen LogP contribution in [0.15, 0.2) is 23.2 Å². The van der Waals surface area contributed by atoms with Crippen molar-refractivity contribution in [3.63, 3.8) is 0 Å². The van der Waals surface area contributed by atoms with E-state index >= 15 is 0 Å². The molecule has 0 aromatic heterocycles. The second-order valence-electron chi connectivity index (χ2n) is 7.07. The van der Waals surface area contributed by atoms with Crippen molar-refractivity contribution in [3.8, 4) is 11.5 Å². The highest BCUT2D eigenvalue weighted by atomic mass is 16.5. The summed E-state index contributed by atoms with van der Waals surface area (Å²) >= 11 is 0. The zero-order valence-corrected chi connectivity index (χ0v) is 17.5. The number of nitrogens with one attached hydrogen (secondary N) is 2. The van der Waals surface area contributed by atoms with Crippen LogP contribution in [0.5, 0.6) is 11.5 Å². The lowest BCUT2D eigenvalue weighted by atomic mass is 10.1. The Kier molecular flexibility index (Phi) is 8.72. The van der Waals surface area contributed by atoms with Crippen LogP contribution < -0.4 is 20.1 Å². The third-order valence-electron chi connectivity index (χ3n) is 4.76. The molecule has 2 N–H and O–H groups in total. The van der Waals surface area contributed by atoms with Crippen LogP contribution >= 0.6 is 0 Å². The molecule has 1 heterocycles. The molecule has 1 aliphatic rings. The lowest BCUT2D eigenvalue weighted by Crippen LogP contribution is -2.39. The molecule has 152 valence electrons. The standard InChI is InChI=1S/C21H36N4O2/c1-6-22-21(23-14-17-11-12-25(5)15-17)24-16(4)18-9-10-19(26-7-2)20(13-18)27-8-3/h9-10,13,16-17H,6-8,11-12,14-15H2,1-5H3,(H2,22,23,24). The van der Waals surface area contributed by atoms with E-state index in [-0.39, 0.29) is 6.04 Å². The van der Waals surface area contributed by atoms with E-state index in [2.05, 4.69) is 48.6 Å². The van der Waals surface area contributed by atoms with E-state index in [1.807, 2.05) is 19.9 Å². The predicted molar refractivity (Wildman–Crippen MR) is 112 cm³/mol. The van der Waals surface area contributed by atoms with E-state index in [1.54, 1.807) is 0 Å². The molecule has 2 rings (SSSR count). The molecule has 6 heteroatoms. The van der Waals surface area contributed by atoms with Crippen LogP contribution in [0.1, 0.15) is 45.7 Å². The molecule has 6 nitrogen and oxygen atoms in total. The Balaban J connectivity index is 2.05. The number of guanidine groups is 1. The van der Waals surface area contributed by atoms with Crippen molar-refractivity contribution in [3.05, 3.63) is 23.8 Å². The van der Waals surface area contributed by atoms with Crippen LogP contribution in [0.4, 0.5) is 0 Å². The van der Waals surface area contributed by atoms with Gasteiger partial charge >= 0.3 is 0 Å². The van der Waals surface area contributed by atoms with Gasteiger partial charge in [0.05, 0.1) is 19.3 Å².